The van der Waals surface area contributed by atoms with Gasteiger partial charge in [-0.3, -0.25) is 0 Å². The Morgan fingerprint density at radius 3 is 2.70 bits per heavy atom. The Morgan fingerprint density at radius 2 is 2.00 bits per heavy atom. The third-order valence-corrected chi connectivity index (χ3v) is 4.91. The van der Waals surface area contributed by atoms with Gasteiger partial charge in [0.05, 0.1) is 6.10 Å². The average Bonchev–Trinajstić information content (AvgIpc) is 2.84. The van der Waals surface area contributed by atoms with Crippen LogP contribution in [0.2, 0.25) is 0 Å². The van der Waals surface area contributed by atoms with Crippen molar-refractivity contribution in [1.82, 2.24) is 14.9 Å². The Bertz CT molecular complexity index is 490. The van der Waals surface area contributed by atoms with Crippen molar-refractivity contribution in [3.8, 4) is 0 Å². The number of hydrogen-bond acceptors (Lipinski definition) is 6. The molecule has 2 aliphatic rings. The first-order chi connectivity index (χ1) is 11.2. The Labute approximate surface area is 139 Å². The van der Waals surface area contributed by atoms with Crippen molar-refractivity contribution in [2.24, 2.45) is 0 Å². The van der Waals surface area contributed by atoms with E-state index in [2.05, 4.69) is 31.7 Å². The molecule has 6 heteroatoms. The van der Waals surface area contributed by atoms with Crippen molar-refractivity contribution in [2.75, 3.05) is 56.1 Å². The topological polar surface area (TPSA) is 55.7 Å². The molecule has 0 unspecified atom stereocenters. The highest BCUT2D eigenvalue weighted by Gasteiger charge is 2.22. The molecule has 6 nitrogen and oxygen atoms in total. The minimum atomic E-state index is -0.228. The molecule has 2 saturated heterocycles. The van der Waals surface area contributed by atoms with Crippen LogP contribution in [-0.4, -0.2) is 72.4 Å². The lowest BCUT2D eigenvalue weighted by Crippen LogP contribution is -2.34. The van der Waals surface area contributed by atoms with Gasteiger partial charge in [0.1, 0.15) is 5.82 Å². The number of aliphatic hydroxyl groups excluding tert-OH is 1. The van der Waals surface area contributed by atoms with E-state index >= 15 is 0 Å². The molecule has 1 N–H and O–H groups in total. The first-order valence-electron chi connectivity index (χ1n) is 8.92. The monoisotopic (exact) mass is 319 g/mol. The van der Waals surface area contributed by atoms with Gasteiger partial charge in [0.25, 0.3) is 0 Å². The average molecular weight is 319 g/mol. The zero-order valence-electron chi connectivity index (χ0n) is 14.2. The zero-order valence-corrected chi connectivity index (χ0v) is 14.2. The number of likely N-dealkylation sites (tertiary alicyclic amines) is 1. The van der Waals surface area contributed by atoms with Crippen molar-refractivity contribution >= 4 is 11.8 Å². The van der Waals surface area contributed by atoms with Crippen LogP contribution in [0.25, 0.3) is 0 Å². The number of likely N-dealkylation sites (N-methyl/N-ethyl adjacent to an activating group) is 1. The molecule has 2 aliphatic heterocycles. The zero-order chi connectivity index (χ0) is 16.1. The summed E-state index contributed by atoms with van der Waals surface area (Å²) in [6.45, 7) is 6.02. The highest BCUT2D eigenvalue weighted by molar-refractivity contribution is 5.44. The third kappa shape index (κ3) is 4.54. The van der Waals surface area contributed by atoms with Crippen LogP contribution < -0.4 is 9.80 Å². The van der Waals surface area contributed by atoms with Crippen molar-refractivity contribution in [2.45, 2.75) is 38.2 Å². The maximum absolute atomic E-state index is 9.69. The summed E-state index contributed by atoms with van der Waals surface area (Å²) < 4.78 is 0. The fourth-order valence-corrected chi connectivity index (χ4v) is 3.40. The lowest BCUT2D eigenvalue weighted by molar-refractivity contribution is 0.198. The molecule has 0 aliphatic carbocycles. The first-order valence-corrected chi connectivity index (χ1v) is 8.92. The van der Waals surface area contributed by atoms with Gasteiger partial charge in [-0.1, -0.05) is 12.8 Å². The number of rotatable bonds is 5. The van der Waals surface area contributed by atoms with Crippen molar-refractivity contribution in [3.05, 3.63) is 12.3 Å². The Kier molecular flexibility index (Phi) is 5.67. The molecular formula is C17H29N5O. The van der Waals surface area contributed by atoms with Crippen molar-refractivity contribution < 1.29 is 5.11 Å². The van der Waals surface area contributed by atoms with E-state index in [0.29, 0.717) is 6.54 Å². The number of nitrogens with zero attached hydrogens (tertiary/aromatic N) is 5. The molecule has 0 saturated carbocycles. The molecule has 1 aromatic rings. The highest BCUT2D eigenvalue weighted by atomic mass is 16.3. The van der Waals surface area contributed by atoms with Gasteiger partial charge in [-0.05, 0) is 38.4 Å². The maximum atomic E-state index is 9.69. The van der Waals surface area contributed by atoms with Crippen LogP contribution >= 0.6 is 0 Å². The van der Waals surface area contributed by atoms with E-state index in [1.807, 2.05) is 12.3 Å². The fourth-order valence-electron chi connectivity index (χ4n) is 3.40. The molecule has 1 atom stereocenters. The molecule has 0 spiro atoms. The van der Waals surface area contributed by atoms with Gasteiger partial charge < -0.3 is 19.8 Å². The second-order valence-corrected chi connectivity index (χ2v) is 6.78. The van der Waals surface area contributed by atoms with Crippen LogP contribution in [0.1, 0.15) is 32.1 Å². The SMILES string of the molecule is CN(CCN1CCCCCC1)c1nccc(N2CC[C@H](O)C2)n1. The highest BCUT2D eigenvalue weighted by Crippen LogP contribution is 2.19. The molecule has 3 rings (SSSR count). The largest absolute Gasteiger partial charge is 0.391 e. The normalized spacial score (nSPS) is 23.0. The fraction of sp³-hybridized carbons (Fsp3) is 0.765. The summed E-state index contributed by atoms with van der Waals surface area (Å²) in [5.41, 5.74) is 0. The molecule has 0 aromatic carbocycles. The van der Waals surface area contributed by atoms with Crippen LogP contribution in [-0.2, 0) is 0 Å². The van der Waals surface area contributed by atoms with Crippen molar-refractivity contribution in [1.29, 1.82) is 0 Å². The molecule has 2 fully saturated rings. The van der Waals surface area contributed by atoms with Gasteiger partial charge in [-0.25, -0.2) is 4.98 Å². The number of anilines is 2. The first kappa shape index (κ1) is 16.5. The van der Waals surface area contributed by atoms with Gasteiger partial charge in [-0.2, -0.15) is 4.98 Å². The maximum Gasteiger partial charge on any atom is 0.227 e. The lowest BCUT2D eigenvalue weighted by Gasteiger charge is -2.25. The summed E-state index contributed by atoms with van der Waals surface area (Å²) in [6, 6.07) is 1.93. The summed E-state index contributed by atoms with van der Waals surface area (Å²) in [5, 5.41) is 9.69. The van der Waals surface area contributed by atoms with Gasteiger partial charge in [-0.15, -0.1) is 0 Å². The lowest BCUT2D eigenvalue weighted by atomic mass is 10.2. The van der Waals surface area contributed by atoms with Crippen molar-refractivity contribution in [3.63, 3.8) is 0 Å². The molecule has 128 valence electrons. The molecule has 0 radical (unpaired) electrons. The van der Waals surface area contributed by atoms with E-state index in [-0.39, 0.29) is 6.10 Å². The number of aliphatic hydroxyl groups is 1. The predicted octanol–water partition coefficient (Wildman–Crippen LogP) is 1.36. The summed E-state index contributed by atoms with van der Waals surface area (Å²) in [7, 11) is 2.07. The summed E-state index contributed by atoms with van der Waals surface area (Å²) >= 11 is 0. The van der Waals surface area contributed by atoms with E-state index < -0.39 is 0 Å². The standard InChI is InChI=1S/C17H29N5O/c1-20(12-13-21-9-4-2-3-5-10-21)17-18-8-6-16(19-17)22-11-7-15(23)14-22/h6,8,15,23H,2-5,7,9-14H2,1H3/t15-/m0/s1. The molecule has 23 heavy (non-hydrogen) atoms. The van der Waals surface area contributed by atoms with E-state index in [1.165, 1.54) is 38.8 Å². The van der Waals surface area contributed by atoms with Crippen LogP contribution in [0, 0.1) is 0 Å². The van der Waals surface area contributed by atoms with E-state index in [4.69, 9.17) is 0 Å². The molecule has 1 aromatic heterocycles. The second kappa shape index (κ2) is 7.93. The summed E-state index contributed by atoms with van der Waals surface area (Å²) in [5.74, 6) is 1.70. The van der Waals surface area contributed by atoms with Gasteiger partial charge in [0, 0.05) is 39.4 Å². The molecule has 3 heterocycles. The second-order valence-electron chi connectivity index (χ2n) is 6.78. The number of aromatic nitrogens is 2. The smallest absolute Gasteiger partial charge is 0.227 e. The summed E-state index contributed by atoms with van der Waals surface area (Å²) in [6.07, 6.45) is 7.82. The number of β-amino-alcohol motifs (C(OH)–C–C–N with tert-alkyl or cyclic N) is 1. The minimum absolute atomic E-state index is 0.228. The quantitative estimate of drug-likeness (QED) is 0.884. The molecule has 0 amide bonds. The Hall–Kier alpha value is -1.40. The third-order valence-electron chi connectivity index (χ3n) is 4.91. The van der Waals surface area contributed by atoms with Gasteiger partial charge in [0.15, 0.2) is 0 Å². The van der Waals surface area contributed by atoms with Crippen LogP contribution in [0.4, 0.5) is 11.8 Å². The van der Waals surface area contributed by atoms with E-state index in [0.717, 1.165) is 37.8 Å². The van der Waals surface area contributed by atoms with Gasteiger partial charge >= 0.3 is 0 Å². The Balaban J connectivity index is 1.55. The molecule has 0 bridgehead atoms. The Morgan fingerprint density at radius 1 is 1.22 bits per heavy atom. The van der Waals surface area contributed by atoms with Crippen LogP contribution in [0.5, 0.6) is 0 Å². The minimum Gasteiger partial charge on any atom is -0.391 e. The van der Waals surface area contributed by atoms with E-state index in [1.54, 1.807) is 0 Å². The predicted molar refractivity (Wildman–Crippen MR) is 93.0 cm³/mol. The van der Waals surface area contributed by atoms with Crippen LogP contribution in [0.15, 0.2) is 12.3 Å². The number of hydrogen-bond donors (Lipinski definition) is 1. The van der Waals surface area contributed by atoms with E-state index in [9.17, 15) is 5.11 Å². The van der Waals surface area contributed by atoms with Gasteiger partial charge in [0.2, 0.25) is 5.95 Å². The van der Waals surface area contributed by atoms with Crippen LogP contribution in [0.3, 0.4) is 0 Å². The molecular weight excluding hydrogens is 290 g/mol. The summed E-state index contributed by atoms with van der Waals surface area (Å²) in [4.78, 5) is 15.9.